The number of carboxylic acid groups (broad SMARTS) is 2. The van der Waals surface area contributed by atoms with Gasteiger partial charge in [-0.1, -0.05) is 16.5 Å². The van der Waals surface area contributed by atoms with Crippen LogP contribution in [0.4, 0.5) is 5.13 Å². The van der Waals surface area contributed by atoms with Crippen molar-refractivity contribution in [3.8, 4) is 0 Å². The lowest BCUT2D eigenvalue weighted by molar-refractivity contribution is -0.687. The van der Waals surface area contributed by atoms with E-state index in [-0.39, 0.29) is 35.4 Å². The molecule has 2 aliphatic heterocycles. The number of oxime groups is 1. The third kappa shape index (κ3) is 5.01. The minimum Gasteiger partial charge on any atom is -0.543 e. The molecule has 5 N–H and O–H groups in total. The van der Waals surface area contributed by atoms with E-state index in [1.807, 2.05) is 5.38 Å². The Morgan fingerprint density at radius 2 is 2.15 bits per heavy atom. The summed E-state index contributed by atoms with van der Waals surface area (Å²) in [6, 6.07) is -1.09. The summed E-state index contributed by atoms with van der Waals surface area (Å²) in [5.41, 5.74) is 6.15. The molecule has 3 aromatic heterocycles. The third-order valence-electron chi connectivity index (χ3n) is 6.09. The van der Waals surface area contributed by atoms with Gasteiger partial charge in [0.05, 0.1) is 11.7 Å². The Hall–Kier alpha value is -4.00. The highest BCUT2D eigenvalue weighted by atomic mass is 32.2. The summed E-state index contributed by atoms with van der Waals surface area (Å²) >= 11 is 3.71. The van der Waals surface area contributed by atoms with Crippen molar-refractivity contribution in [1.29, 1.82) is 0 Å². The standard InChI is InChI=1S/C22H21N7O8S3/c1-9(20(33)34)37-26-14(12-7-40-22(23)24-12)17(31)25-15-18(32)29-16(21(35)36)10(5-39-19(15)29)2-27-3-13-28(8-27)11(4-30)6-38-13/h3,6-9,15,19,30H,2,4-5H2,1H3,(H4-,23,24,25,31,33,34,35,36)/b26-14-/t9-,15+,19+/m0/s1. The Bertz CT molecular complexity index is 1590. The summed E-state index contributed by atoms with van der Waals surface area (Å²) in [5, 5.41) is 39.5. The topological polar surface area (TPSA) is 216 Å². The molecule has 0 radical (unpaired) electrons. The number of amides is 2. The van der Waals surface area contributed by atoms with Crippen molar-refractivity contribution in [2.24, 2.45) is 5.16 Å². The zero-order chi connectivity index (χ0) is 28.7. The molecule has 2 aliphatic rings. The van der Waals surface area contributed by atoms with E-state index in [0.29, 0.717) is 11.3 Å². The fourth-order valence-electron chi connectivity index (χ4n) is 4.13. The number of β-lactam (4-membered cyclic amide) rings is 1. The van der Waals surface area contributed by atoms with Gasteiger partial charge in [0.2, 0.25) is 17.3 Å². The van der Waals surface area contributed by atoms with Gasteiger partial charge >= 0.3 is 5.97 Å². The molecule has 3 aromatic rings. The number of hydrogen-bond acceptors (Lipinski definition) is 13. The highest BCUT2D eigenvalue weighted by Gasteiger charge is 2.53. The fourth-order valence-corrected chi connectivity index (χ4v) is 6.93. The van der Waals surface area contributed by atoms with Gasteiger partial charge in [0.1, 0.15) is 42.2 Å². The van der Waals surface area contributed by atoms with Gasteiger partial charge in [0.25, 0.3) is 11.8 Å². The van der Waals surface area contributed by atoms with Gasteiger partial charge < -0.3 is 36.0 Å². The number of nitrogens with one attached hydrogen (secondary N) is 1. The summed E-state index contributed by atoms with van der Waals surface area (Å²) in [6.45, 7) is 1.24. The van der Waals surface area contributed by atoms with E-state index in [1.54, 1.807) is 21.5 Å². The number of aliphatic hydroxyl groups excluding tert-OH is 1. The minimum absolute atomic E-state index is 0.0176. The number of thioether (sulfide) groups is 1. The first kappa shape index (κ1) is 27.6. The summed E-state index contributed by atoms with van der Waals surface area (Å²) in [7, 11) is 0. The van der Waals surface area contributed by atoms with Crippen LogP contribution in [0.2, 0.25) is 0 Å². The van der Waals surface area contributed by atoms with Gasteiger partial charge in [-0.25, -0.2) is 14.3 Å². The second-order valence-corrected chi connectivity index (χ2v) is 11.6. The smallest absolute Gasteiger partial charge is 0.347 e. The predicted octanol–water partition coefficient (Wildman–Crippen LogP) is -1.88. The average Bonchev–Trinajstić information content (AvgIpc) is 3.62. The molecule has 3 atom stereocenters. The number of nitrogen functional groups attached to an aromatic ring is 1. The van der Waals surface area contributed by atoms with Crippen LogP contribution in [-0.4, -0.2) is 77.2 Å². The maximum absolute atomic E-state index is 13.1. The number of carboxylic acids is 2. The zero-order valence-corrected chi connectivity index (χ0v) is 23.0. The molecule has 1 saturated heterocycles. The van der Waals surface area contributed by atoms with Crippen LogP contribution >= 0.6 is 34.4 Å². The molecule has 0 saturated carbocycles. The van der Waals surface area contributed by atoms with Crippen LogP contribution in [0.15, 0.2) is 39.7 Å². The van der Waals surface area contributed by atoms with E-state index in [4.69, 9.17) is 15.7 Å². The first-order valence-corrected chi connectivity index (χ1v) is 14.3. The van der Waals surface area contributed by atoms with Gasteiger partial charge in [-0.3, -0.25) is 14.5 Å². The lowest BCUT2D eigenvalue weighted by Gasteiger charge is -2.50. The number of nitrogens with two attached hydrogens (primary N) is 1. The van der Waals surface area contributed by atoms with Crippen LogP contribution in [0.5, 0.6) is 0 Å². The van der Waals surface area contributed by atoms with Crippen LogP contribution in [0.1, 0.15) is 18.3 Å². The van der Waals surface area contributed by atoms with Crippen molar-refractivity contribution in [3.05, 3.63) is 45.9 Å². The lowest BCUT2D eigenvalue weighted by atomic mass is 10.0. The summed E-state index contributed by atoms with van der Waals surface area (Å²) in [5.74, 6) is -4.13. The third-order valence-corrected chi connectivity index (χ3v) is 9.04. The number of rotatable bonds is 10. The van der Waals surface area contributed by atoms with Crippen molar-refractivity contribution in [2.75, 3.05) is 11.5 Å². The number of imidazole rings is 1. The number of carbonyl (C=O) groups is 4. The van der Waals surface area contributed by atoms with Crippen LogP contribution in [0.3, 0.4) is 0 Å². The van der Waals surface area contributed by atoms with E-state index in [0.717, 1.165) is 21.1 Å². The molecule has 5 rings (SSSR count). The second kappa shape index (κ2) is 10.9. The molecule has 18 heteroatoms. The van der Waals surface area contributed by atoms with Gasteiger partial charge in [-0.15, -0.1) is 23.1 Å². The summed E-state index contributed by atoms with van der Waals surface area (Å²) in [4.78, 5) is 60.3. The Morgan fingerprint density at radius 1 is 1.38 bits per heavy atom. The molecular formula is C22H21N7O8S3. The number of carbonyl (C=O) groups excluding carboxylic acids is 3. The number of hydrogen-bond donors (Lipinski definition) is 4. The molecule has 210 valence electrons. The second-order valence-electron chi connectivity index (χ2n) is 8.71. The largest absolute Gasteiger partial charge is 0.543 e. The summed E-state index contributed by atoms with van der Waals surface area (Å²) < 4.78 is 3.55. The number of thiazole rings is 2. The van der Waals surface area contributed by atoms with Crippen molar-refractivity contribution in [2.45, 2.75) is 37.6 Å². The fraction of sp³-hybridized carbons (Fsp3) is 0.318. The normalized spacial score (nSPS) is 19.8. The molecule has 40 heavy (non-hydrogen) atoms. The van der Waals surface area contributed by atoms with Gasteiger partial charge in [0, 0.05) is 22.1 Å². The SMILES string of the molecule is C[C@H](O/N=C(\C(=O)N[C@@H]1C(=O)N2C(C(=O)[O-])=C(C[n+]3cc4scc(CO)n4c3)CS[C@H]12)c1csc(N)n1)C(=O)O. The summed E-state index contributed by atoms with van der Waals surface area (Å²) in [6.07, 6.45) is 2.17. The quantitative estimate of drug-likeness (QED) is 0.0865. The molecule has 5 heterocycles. The van der Waals surface area contributed by atoms with Crippen molar-refractivity contribution in [1.82, 2.24) is 19.6 Å². The number of nitrogens with zero attached hydrogens (tertiary/aromatic N) is 5. The minimum atomic E-state index is -1.52. The maximum atomic E-state index is 13.1. The monoisotopic (exact) mass is 607 g/mol. The highest BCUT2D eigenvalue weighted by molar-refractivity contribution is 8.00. The molecule has 0 unspecified atom stereocenters. The molecular weight excluding hydrogens is 586 g/mol. The van der Waals surface area contributed by atoms with Crippen molar-refractivity contribution >= 4 is 73.9 Å². The molecule has 0 bridgehead atoms. The Labute approximate surface area is 237 Å². The molecule has 0 spiro atoms. The number of aliphatic carboxylic acids is 2. The molecule has 0 aromatic carbocycles. The van der Waals surface area contributed by atoms with Crippen molar-refractivity contribution in [3.63, 3.8) is 0 Å². The molecule has 15 nitrogen and oxygen atoms in total. The zero-order valence-electron chi connectivity index (χ0n) is 20.5. The highest BCUT2D eigenvalue weighted by Crippen LogP contribution is 2.40. The van der Waals surface area contributed by atoms with Crippen LogP contribution < -0.4 is 20.7 Å². The van der Waals surface area contributed by atoms with E-state index < -0.39 is 47.0 Å². The van der Waals surface area contributed by atoms with Gasteiger partial charge in [-0.05, 0) is 6.92 Å². The predicted molar refractivity (Wildman–Crippen MR) is 140 cm³/mol. The maximum Gasteiger partial charge on any atom is 0.347 e. The van der Waals surface area contributed by atoms with Crippen molar-refractivity contribution < 1.29 is 43.9 Å². The van der Waals surface area contributed by atoms with Crippen LogP contribution in [0.25, 0.3) is 4.83 Å². The molecule has 2 amide bonds. The number of fused-ring (bicyclic) bond motifs is 2. The molecule has 1 fully saturated rings. The first-order chi connectivity index (χ1) is 19.1. The Morgan fingerprint density at radius 3 is 2.80 bits per heavy atom. The first-order valence-electron chi connectivity index (χ1n) is 11.5. The van der Waals surface area contributed by atoms with E-state index in [1.165, 1.54) is 35.4 Å². The van der Waals surface area contributed by atoms with Gasteiger partial charge in [0.15, 0.2) is 10.8 Å². The lowest BCUT2D eigenvalue weighted by Crippen LogP contribution is -2.71. The van der Waals surface area contributed by atoms with Crippen LogP contribution in [-0.2, 0) is 37.2 Å². The average molecular weight is 608 g/mol. The van der Waals surface area contributed by atoms with E-state index >= 15 is 0 Å². The Balaban J connectivity index is 1.35. The van der Waals surface area contributed by atoms with E-state index in [2.05, 4.69) is 15.5 Å². The van der Waals surface area contributed by atoms with Crippen LogP contribution in [0, 0.1) is 0 Å². The number of aromatic nitrogens is 3. The van der Waals surface area contributed by atoms with Gasteiger partial charge in [-0.2, -0.15) is 4.40 Å². The Kier molecular flexibility index (Phi) is 7.49. The van der Waals surface area contributed by atoms with E-state index in [9.17, 15) is 29.4 Å². The number of anilines is 1. The number of aliphatic hydroxyl groups is 1. The molecule has 0 aliphatic carbocycles.